The van der Waals surface area contributed by atoms with Gasteiger partial charge in [0, 0.05) is 0 Å². The fourth-order valence-electron chi connectivity index (χ4n) is 2.09. The molecule has 0 aliphatic heterocycles. The van der Waals surface area contributed by atoms with Crippen LogP contribution in [0.4, 0.5) is 0 Å². The second-order valence-electron chi connectivity index (χ2n) is 4.84. The van der Waals surface area contributed by atoms with Crippen LogP contribution >= 0.6 is 0 Å². The lowest BCUT2D eigenvalue weighted by Gasteiger charge is -2.12. The molecule has 0 heterocycles. The molecule has 88 valence electrons. The third-order valence-electron chi connectivity index (χ3n) is 3.36. The van der Waals surface area contributed by atoms with Crippen molar-refractivity contribution in [3.63, 3.8) is 0 Å². The van der Waals surface area contributed by atoms with Crippen LogP contribution in [-0.4, -0.2) is 0 Å². The molecule has 0 aliphatic rings. The SMILES string of the molecule is Cc1ccc(C(C)CCc2ccccc2)cc1. The van der Waals surface area contributed by atoms with Gasteiger partial charge in [-0.3, -0.25) is 0 Å². The molecule has 1 unspecified atom stereocenters. The predicted octanol–water partition coefficient (Wildman–Crippen LogP) is 4.73. The van der Waals surface area contributed by atoms with Crippen LogP contribution < -0.4 is 0 Å². The van der Waals surface area contributed by atoms with Gasteiger partial charge < -0.3 is 0 Å². The molecule has 0 N–H and O–H groups in total. The van der Waals surface area contributed by atoms with Gasteiger partial charge in [-0.05, 0) is 36.8 Å². The molecule has 17 heavy (non-hydrogen) atoms. The van der Waals surface area contributed by atoms with E-state index in [2.05, 4.69) is 68.4 Å². The number of rotatable bonds is 4. The minimum atomic E-state index is 0.635. The summed E-state index contributed by atoms with van der Waals surface area (Å²) in [5, 5.41) is 0. The minimum Gasteiger partial charge on any atom is -0.0622 e. The molecule has 0 saturated heterocycles. The summed E-state index contributed by atoms with van der Waals surface area (Å²) in [6, 6.07) is 19.6. The molecule has 0 heteroatoms. The third kappa shape index (κ3) is 3.45. The Morgan fingerprint density at radius 1 is 0.882 bits per heavy atom. The average molecular weight is 224 g/mol. The standard InChI is InChI=1S/C17H20/c1-14-8-12-17(13-9-14)15(2)10-11-16-6-4-3-5-7-16/h3-9,12-13,15H,10-11H2,1-2H3. The van der Waals surface area contributed by atoms with Crippen LogP contribution in [0.15, 0.2) is 54.6 Å². The lowest BCUT2D eigenvalue weighted by Crippen LogP contribution is -1.96. The highest BCUT2D eigenvalue weighted by Gasteiger charge is 2.05. The Morgan fingerprint density at radius 3 is 2.18 bits per heavy atom. The van der Waals surface area contributed by atoms with Crippen molar-refractivity contribution >= 4 is 0 Å². The zero-order chi connectivity index (χ0) is 12.1. The molecule has 0 fully saturated rings. The first-order valence-corrected chi connectivity index (χ1v) is 6.36. The zero-order valence-corrected chi connectivity index (χ0v) is 10.7. The quantitative estimate of drug-likeness (QED) is 0.704. The Kier molecular flexibility index (Phi) is 3.98. The number of hydrogen-bond donors (Lipinski definition) is 0. The maximum absolute atomic E-state index is 2.31. The highest BCUT2D eigenvalue weighted by atomic mass is 14.1. The van der Waals surface area contributed by atoms with Crippen molar-refractivity contribution in [1.29, 1.82) is 0 Å². The summed E-state index contributed by atoms with van der Waals surface area (Å²) in [5.74, 6) is 0.635. The van der Waals surface area contributed by atoms with E-state index in [1.807, 2.05) is 0 Å². The van der Waals surface area contributed by atoms with Gasteiger partial charge in [-0.15, -0.1) is 0 Å². The van der Waals surface area contributed by atoms with Gasteiger partial charge in [-0.25, -0.2) is 0 Å². The van der Waals surface area contributed by atoms with E-state index in [0.717, 1.165) is 6.42 Å². The van der Waals surface area contributed by atoms with E-state index in [1.165, 1.54) is 23.1 Å². The molecule has 0 amide bonds. The van der Waals surface area contributed by atoms with Crippen molar-refractivity contribution in [2.24, 2.45) is 0 Å². The third-order valence-corrected chi connectivity index (χ3v) is 3.36. The molecule has 2 rings (SSSR count). The van der Waals surface area contributed by atoms with Gasteiger partial charge in [0.25, 0.3) is 0 Å². The minimum absolute atomic E-state index is 0.635. The van der Waals surface area contributed by atoms with E-state index >= 15 is 0 Å². The fraction of sp³-hybridized carbons (Fsp3) is 0.294. The Bertz CT molecular complexity index is 439. The first-order chi connectivity index (χ1) is 8.25. The van der Waals surface area contributed by atoms with Gasteiger partial charge in [0.05, 0.1) is 0 Å². The van der Waals surface area contributed by atoms with E-state index in [9.17, 15) is 0 Å². The summed E-state index contributed by atoms with van der Waals surface area (Å²) in [7, 11) is 0. The molecule has 0 bridgehead atoms. The van der Waals surface area contributed by atoms with Crippen molar-refractivity contribution in [2.75, 3.05) is 0 Å². The molecule has 2 aromatic rings. The monoisotopic (exact) mass is 224 g/mol. The second-order valence-corrected chi connectivity index (χ2v) is 4.84. The van der Waals surface area contributed by atoms with Gasteiger partial charge in [0.15, 0.2) is 0 Å². The topological polar surface area (TPSA) is 0 Å². The number of aryl methyl sites for hydroxylation is 2. The fourth-order valence-corrected chi connectivity index (χ4v) is 2.09. The summed E-state index contributed by atoms with van der Waals surface area (Å²) >= 11 is 0. The van der Waals surface area contributed by atoms with Gasteiger partial charge >= 0.3 is 0 Å². The van der Waals surface area contributed by atoms with Gasteiger partial charge in [-0.1, -0.05) is 67.1 Å². The maximum atomic E-state index is 2.31. The summed E-state index contributed by atoms with van der Waals surface area (Å²) < 4.78 is 0. The molecular formula is C17H20. The van der Waals surface area contributed by atoms with Gasteiger partial charge in [-0.2, -0.15) is 0 Å². The first-order valence-electron chi connectivity index (χ1n) is 6.36. The summed E-state index contributed by atoms with van der Waals surface area (Å²) in [4.78, 5) is 0. The van der Waals surface area contributed by atoms with Crippen LogP contribution in [0.3, 0.4) is 0 Å². The van der Waals surface area contributed by atoms with Crippen LogP contribution in [0.2, 0.25) is 0 Å². The van der Waals surface area contributed by atoms with Crippen molar-refractivity contribution in [3.05, 3.63) is 71.3 Å². The molecule has 0 spiro atoms. The Hall–Kier alpha value is -1.56. The summed E-state index contributed by atoms with van der Waals surface area (Å²) in [5.41, 5.74) is 4.22. The lowest BCUT2D eigenvalue weighted by atomic mass is 9.93. The van der Waals surface area contributed by atoms with Crippen LogP contribution in [0, 0.1) is 6.92 Å². The zero-order valence-electron chi connectivity index (χ0n) is 10.7. The Morgan fingerprint density at radius 2 is 1.53 bits per heavy atom. The van der Waals surface area contributed by atoms with Crippen molar-refractivity contribution in [1.82, 2.24) is 0 Å². The van der Waals surface area contributed by atoms with Crippen molar-refractivity contribution in [3.8, 4) is 0 Å². The van der Waals surface area contributed by atoms with Gasteiger partial charge in [0.1, 0.15) is 0 Å². The van der Waals surface area contributed by atoms with E-state index in [4.69, 9.17) is 0 Å². The highest BCUT2D eigenvalue weighted by molar-refractivity contribution is 5.24. The maximum Gasteiger partial charge on any atom is -0.0187 e. The van der Waals surface area contributed by atoms with E-state index < -0.39 is 0 Å². The molecule has 0 nitrogen and oxygen atoms in total. The second kappa shape index (κ2) is 5.67. The lowest BCUT2D eigenvalue weighted by molar-refractivity contribution is 0.679. The Balaban J connectivity index is 1.93. The molecule has 1 atom stereocenters. The van der Waals surface area contributed by atoms with E-state index in [0.29, 0.717) is 5.92 Å². The van der Waals surface area contributed by atoms with Gasteiger partial charge in [0.2, 0.25) is 0 Å². The molecule has 0 aliphatic carbocycles. The van der Waals surface area contributed by atoms with Crippen LogP contribution in [0.1, 0.15) is 36.0 Å². The summed E-state index contributed by atoms with van der Waals surface area (Å²) in [6.07, 6.45) is 2.38. The molecular weight excluding hydrogens is 204 g/mol. The van der Waals surface area contributed by atoms with Crippen LogP contribution in [0.25, 0.3) is 0 Å². The van der Waals surface area contributed by atoms with E-state index in [1.54, 1.807) is 0 Å². The first kappa shape index (κ1) is 11.9. The van der Waals surface area contributed by atoms with Crippen molar-refractivity contribution < 1.29 is 0 Å². The molecule has 0 aromatic heterocycles. The van der Waals surface area contributed by atoms with Crippen LogP contribution in [-0.2, 0) is 6.42 Å². The smallest absolute Gasteiger partial charge is 0.0187 e. The average Bonchev–Trinajstić information content (AvgIpc) is 2.38. The molecule has 0 saturated carbocycles. The Labute approximate surface area is 104 Å². The number of hydrogen-bond acceptors (Lipinski definition) is 0. The van der Waals surface area contributed by atoms with E-state index in [-0.39, 0.29) is 0 Å². The predicted molar refractivity (Wildman–Crippen MR) is 74.4 cm³/mol. The number of benzene rings is 2. The summed E-state index contributed by atoms with van der Waals surface area (Å²) in [6.45, 7) is 4.45. The molecule has 2 aromatic carbocycles. The normalized spacial score (nSPS) is 12.4. The van der Waals surface area contributed by atoms with Crippen molar-refractivity contribution in [2.45, 2.75) is 32.6 Å². The van der Waals surface area contributed by atoms with Crippen LogP contribution in [0.5, 0.6) is 0 Å². The highest BCUT2D eigenvalue weighted by Crippen LogP contribution is 2.21. The largest absolute Gasteiger partial charge is 0.0622 e. The molecule has 0 radical (unpaired) electrons.